The van der Waals surface area contributed by atoms with Crippen LogP contribution in [0.4, 0.5) is 5.69 Å². The predicted molar refractivity (Wildman–Crippen MR) is 129 cm³/mol. The minimum atomic E-state index is -0.728. The molecule has 0 aliphatic heterocycles. The molecule has 0 aromatic heterocycles. The Balaban J connectivity index is 1.48. The fourth-order valence-electron chi connectivity index (χ4n) is 2.91. The van der Waals surface area contributed by atoms with Crippen LogP contribution in [0.5, 0.6) is 17.2 Å². The smallest absolute Gasteiger partial charge is 0.279 e. The summed E-state index contributed by atoms with van der Waals surface area (Å²) in [6.07, 6.45) is -0.728. The molecule has 3 N–H and O–H groups in total. The lowest BCUT2D eigenvalue weighted by molar-refractivity contribution is -0.127. The average molecular weight is 452 g/mol. The van der Waals surface area contributed by atoms with Crippen molar-refractivity contribution in [2.24, 2.45) is 0 Å². The van der Waals surface area contributed by atoms with Crippen LogP contribution in [0.15, 0.2) is 72.8 Å². The van der Waals surface area contributed by atoms with Gasteiger partial charge in [-0.15, -0.1) is 0 Å². The van der Waals surface area contributed by atoms with Gasteiger partial charge < -0.3 is 19.5 Å². The number of nitrogens with one attached hydrogen (secondary N) is 3. The third-order valence-corrected chi connectivity index (χ3v) is 4.79. The molecule has 0 aliphatic rings. The minimum absolute atomic E-state index is 0.213. The first-order valence-corrected chi connectivity index (χ1v) is 10.3. The van der Waals surface area contributed by atoms with Gasteiger partial charge in [0.15, 0.2) is 22.7 Å². The molecule has 0 unspecified atom stereocenters. The fraction of sp³-hybridized carbons (Fsp3) is 0.167. The number of carbonyl (C=O) groups is 1. The van der Waals surface area contributed by atoms with E-state index in [1.165, 1.54) is 0 Å². The van der Waals surface area contributed by atoms with Crippen molar-refractivity contribution in [1.82, 2.24) is 10.9 Å². The molecule has 0 saturated carbocycles. The Morgan fingerprint density at radius 2 is 1.50 bits per heavy atom. The number of ether oxygens (including phenoxy) is 3. The highest BCUT2D eigenvalue weighted by Gasteiger charge is 2.15. The van der Waals surface area contributed by atoms with Crippen molar-refractivity contribution in [3.63, 3.8) is 0 Å². The Labute approximate surface area is 192 Å². The van der Waals surface area contributed by atoms with E-state index in [1.54, 1.807) is 39.3 Å². The molecule has 166 valence electrons. The molecule has 8 heteroatoms. The molecule has 0 fully saturated rings. The molecular formula is C24H25N3O4S. The van der Waals surface area contributed by atoms with E-state index in [0.29, 0.717) is 22.9 Å². The normalized spacial score (nSPS) is 11.1. The molecule has 0 bridgehead atoms. The van der Waals surface area contributed by atoms with Crippen LogP contribution in [0.25, 0.3) is 11.1 Å². The highest BCUT2D eigenvalue weighted by molar-refractivity contribution is 7.80. The molecule has 7 nitrogen and oxygen atoms in total. The lowest BCUT2D eigenvalue weighted by atomic mass is 10.1. The van der Waals surface area contributed by atoms with E-state index in [1.807, 2.05) is 54.6 Å². The van der Waals surface area contributed by atoms with Gasteiger partial charge in [-0.3, -0.25) is 15.6 Å². The molecule has 3 aromatic rings. The first-order valence-electron chi connectivity index (χ1n) is 9.91. The van der Waals surface area contributed by atoms with Gasteiger partial charge in [-0.2, -0.15) is 0 Å². The van der Waals surface area contributed by atoms with E-state index in [2.05, 4.69) is 16.2 Å². The number of methoxy groups -OCH3 is 2. The van der Waals surface area contributed by atoms with Crippen molar-refractivity contribution in [2.75, 3.05) is 19.5 Å². The van der Waals surface area contributed by atoms with Crippen molar-refractivity contribution in [2.45, 2.75) is 13.0 Å². The lowest BCUT2D eigenvalue weighted by Crippen LogP contribution is -2.48. The standard InChI is InChI=1S/C24H25N3O4S/c1-16(31-20-12-9-18(10-13-20)17-7-5-4-6-8-17)23(28)26-27-24(32)25-19-11-14-21(29-2)22(15-19)30-3/h4-16H,1-3H3,(H,26,28)(H2,25,27,32)/t16-/m0/s1. The third kappa shape index (κ3) is 6.12. The Morgan fingerprint density at radius 3 is 2.16 bits per heavy atom. The highest BCUT2D eigenvalue weighted by Crippen LogP contribution is 2.29. The molecule has 0 aliphatic carbocycles. The van der Waals surface area contributed by atoms with Crippen molar-refractivity contribution in [3.05, 3.63) is 72.8 Å². The number of anilines is 1. The number of thiocarbonyl (C=S) groups is 1. The molecule has 1 atom stereocenters. The second-order valence-electron chi connectivity index (χ2n) is 6.79. The Morgan fingerprint density at radius 1 is 0.844 bits per heavy atom. The topological polar surface area (TPSA) is 80.9 Å². The van der Waals surface area contributed by atoms with Crippen LogP contribution in [0, 0.1) is 0 Å². The summed E-state index contributed by atoms with van der Waals surface area (Å²) in [5, 5.41) is 3.18. The maximum atomic E-state index is 12.4. The number of amides is 1. The molecule has 3 aromatic carbocycles. The maximum Gasteiger partial charge on any atom is 0.279 e. The first-order chi connectivity index (χ1) is 15.5. The zero-order valence-corrected chi connectivity index (χ0v) is 18.9. The van der Waals surface area contributed by atoms with Gasteiger partial charge in [0.2, 0.25) is 0 Å². The van der Waals surface area contributed by atoms with Crippen LogP contribution in [0.3, 0.4) is 0 Å². The summed E-state index contributed by atoms with van der Waals surface area (Å²) in [6, 6.07) is 22.9. The number of hydrazine groups is 1. The zero-order chi connectivity index (χ0) is 22.9. The summed E-state index contributed by atoms with van der Waals surface area (Å²) in [4.78, 5) is 12.4. The predicted octanol–water partition coefficient (Wildman–Crippen LogP) is 4.16. The van der Waals surface area contributed by atoms with Gasteiger partial charge >= 0.3 is 0 Å². The van der Waals surface area contributed by atoms with Crippen LogP contribution in [-0.2, 0) is 4.79 Å². The molecule has 32 heavy (non-hydrogen) atoms. The van der Waals surface area contributed by atoms with Crippen molar-refractivity contribution >= 4 is 28.9 Å². The van der Waals surface area contributed by atoms with Gasteiger partial charge in [0.05, 0.1) is 14.2 Å². The van der Waals surface area contributed by atoms with Gasteiger partial charge in [-0.25, -0.2) is 0 Å². The summed E-state index contributed by atoms with van der Waals surface area (Å²) in [5.74, 6) is 1.39. The quantitative estimate of drug-likeness (QED) is 0.368. The van der Waals surface area contributed by atoms with E-state index in [0.717, 1.165) is 11.1 Å². The van der Waals surface area contributed by atoms with Crippen LogP contribution < -0.4 is 30.4 Å². The maximum absolute atomic E-state index is 12.4. The van der Waals surface area contributed by atoms with Crippen LogP contribution in [0.1, 0.15) is 6.92 Å². The lowest BCUT2D eigenvalue weighted by Gasteiger charge is -2.17. The largest absolute Gasteiger partial charge is 0.493 e. The van der Waals surface area contributed by atoms with Gasteiger partial charge in [-0.1, -0.05) is 42.5 Å². The van der Waals surface area contributed by atoms with E-state index in [-0.39, 0.29) is 11.0 Å². The number of benzene rings is 3. The number of rotatable bonds is 7. The summed E-state index contributed by atoms with van der Waals surface area (Å²) >= 11 is 5.22. The zero-order valence-electron chi connectivity index (χ0n) is 18.0. The molecule has 1 amide bonds. The summed E-state index contributed by atoms with van der Waals surface area (Å²) in [6.45, 7) is 1.66. The van der Waals surface area contributed by atoms with Gasteiger partial charge in [0.25, 0.3) is 5.91 Å². The molecule has 0 radical (unpaired) electrons. The Bertz CT molecular complexity index is 1060. The van der Waals surface area contributed by atoms with Gasteiger partial charge in [0, 0.05) is 11.8 Å². The molecule has 0 heterocycles. The average Bonchev–Trinajstić information content (AvgIpc) is 2.83. The molecule has 3 rings (SSSR count). The van der Waals surface area contributed by atoms with E-state index in [9.17, 15) is 4.79 Å². The second-order valence-corrected chi connectivity index (χ2v) is 7.20. The summed E-state index contributed by atoms with van der Waals surface area (Å²) < 4.78 is 16.2. The summed E-state index contributed by atoms with van der Waals surface area (Å²) in [7, 11) is 3.11. The van der Waals surface area contributed by atoms with E-state index < -0.39 is 6.10 Å². The third-order valence-electron chi connectivity index (χ3n) is 4.58. The summed E-state index contributed by atoms with van der Waals surface area (Å²) in [5.41, 5.74) is 8.07. The molecule has 0 saturated heterocycles. The minimum Gasteiger partial charge on any atom is -0.493 e. The van der Waals surface area contributed by atoms with Crippen molar-refractivity contribution in [3.8, 4) is 28.4 Å². The van der Waals surface area contributed by atoms with E-state index >= 15 is 0 Å². The number of hydrogen-bond donors (Lipinski definition) is 3. The van der Waals surface area contributed by atoms with E-state index in [4.69, 9.17) is 26.4 Å². The van der Waals surface area contributed by atoms with Gasteiger partial charge in [-0.05, 0) is 54.5 Å². The number of carbonyl (C=O) groups excluding carboxylic acids is 1. The highest BCUT2D eigenvalue weighted by atomic mass is 32.1. The first kappa shape index (κ1) is 22.9. The van der Waals surface area contributed by atoms with Crippen LogP contribution >= 0.6 is 12.2 Å². The molecular weight excluding hydrogens is 426 g/mol. The fourth-order valence-corrected chi connectivity index (χ4v) is 3.08. The second kappa shape index (κ2) is 11.0. The van der Waals surface area contributed by atoms with Crippen molar-refractivity contribution < 1.29 is 19.0 Å². The monoisotopic (exact) mass is 451 g/mol. The number of hydrogen-bond acceptors (Lipinski definition) is 5. The molecule has 0 spiro atoms. The van der Waals surface area contributed by atoms with Crippen LogP contribution in [-0.4, -0.2) is 31.3 Å². The van der Waals surface area contributed by atoms with Crippen LogP contribution in [0.2, 0.25) is 0 Å². The SMILES string of the molecule is COc1ccc(NC(=S)NNC(=O)[C@H](C)Oc2ccc(-c3ccccc3)cc2)cc1OC. The Kier molecular flexibility index (Phi) is 7.88. The Hall–Kier alpha value is -3.78. The van der Waals surface area contributed by atoms with Gasteiger partial charge in [0.1, 0.15) is 5.75 Å². The van der Waals surface area contributed by atoms with Crippen molar-refractivity contribution in [1.29, 1.82) is 0 Å².